The normalized spacial score (nSPS) is 40.7. The van der Waals surface area contributed by atoms with Crippen LogP contribution in [0.2, 0.25) is 0 Å². The molecule has 0 aromatic heterocycles. The number of hydrogen-bond acceptors (Lipinski definition) is 2. The zero-order valence-corrected chi connectivity index (χ0v) is 9.61. The van der Waals surface area contributed by atoms with Crippen LogP contribution in [0.4, 0.5) is 0 Å². The van der Waals surface area contributed by atoms with Crippen molar-refractivity contribution >= 4 is 0 Å². The van der Waals surface area contributed by atoms with Crippen LogP contribution in [0.3, 0.4) is 0 Å². The third-order valence-corrected chi connectivity index (χ3v) is 4.11. The highest BCUT2D eigenvalue weighted by Gasteiger charge is 2.46. The molecular weight excluding hydrogens is 190 g/mol. The summed E-state index contributed by atoms with van der Waals surface area (Å²) < 4.78 is 6.34. The minimum Gasteiger partial charge on any atom is -0.495 e. The van der Waals surface area contributed by atoms with Gasteiger partial charge in [-0.3, -0.25) is 0 Å². The Bertz CT molecular complexity index is 250. The molecule has 15 heavy (non-hydrogen) atoms. The number of hydrogen-bond donors (Lipinski definition) is 1. The van der Waals surface area contributed by atoms with Gasteiger partial charge >= 0.3 is 0 Å². The Morgan fingerprint density at radius 1 is 1.33 bits per heavy atom. The Morgan fingerprint density at radius 3 is 2.73 bits per heavy atom. The molecule has 3 atom stereocenters. The molecule has 2 saturated heterocycles. The average molecular weight is 212 g/mol. The highest BCUT2D eigenvalue weighted by molar-refractivity contribution is 4.95. The van der Waals surface area contributed by atoms with E-state index >= 15 is 0 Å². The Hall–Kier alpha value is -0.540. The van der Waals surface area contributed by atoms with E-state index < -0.39 is 0 Å². The topological polar surface area (TPSA) is 29.5 Å². The number of aliphatic hydroxyl groups excluding tert-OH is 1. The molecular formula is C12H22NO2+. The summed E-state index contributed by atoms with van der Waals surface area (Å²) in [6, 6.07) is 0.418. The molecule has 0 aromatic rings. The summed E-state index contributed by atoms with van der Waals surface area (Å²) in [5.41, 5.74) is 0. The summed E-state index contributed by atoms with van der Waals surface area (Å²) in [5.74, 6) is 0.906. The summed E-state index contributed by atoms with van der Waals surface area (Å²) in [6.07, 6.45) is 4.53. The quantitative estimate of drug-likeness (QED) is 0.552. The van der Waals surface area contributed by atoms with Crippen LogP contribution in [-0.4, -0.2) is 48.5 Å². The maximum atomic E-state index is 9.73. The minimum absolute atomic E-state index is 0.116. The van der Waals surface area contributed by atoms with E-state index in [1.807, 2.05) is 0 Å². The Balaban J connectivity index is 2.15. The predicted molar refractivity (Wildman–Crippen MR) is 59.3 cm³/mol. The zero-order valence-electron chi connectivity index (χ0n) is 9.61. The zero-order chi connectivity index (χ0) is 10.9. The predicted octanol–water partition coefficient (Wildman–Crippen LogP) is 1.28. The Labute approximate surface area is 91.9 Å². The van der Waals surface area contributed by atoms with Crippen LogP contribution in [0.15, 0.2) is 12.3 Å². The standard InChI is InChI=1S/C12H22NO2/c1-10(15-2)12-5-3-4-7-13(12)8-6-11(14)9-13/h11-12,14H,1,3-9H2,2H3/q+1/t11-,12-,13?/m1/s1. The van der Waals surface area contributed by atoms with Gasteiger partial charge < -0.3 is 14.3 Å². The van der Waals surface area contributed by atoms with Crippen molar-refractivity contribution in [1.29, 1.82) is 0 Å². The summed E-state index contributed by atoms with van der Waals surface area (Å²) in [7, 11) is 1.71. The van der Waals surface area contributed by atoms with E-state index in [-0.39, 0.29) is 6.10 Å². The van der Waals surface area contributed by atoms with Crippen molar-refractivity contribution in [2.75, 3.05) is 26.7 Å². The largest absolute Gasteiger partial charge is 0.495 e. The molecule has 1 N–H and O–H groups in total. The lowest BCUT2D eigenvalue weighted by molar-refractivity contribution is -0.942. The van der Waals surface area contributed by atoms with Crippen molar-refractivity contribution in [3.8, 4) is 0 Å². The van der Waals surface area contributed by atoms with E-state index in [0.717, 1.165) is 29.8 Å². The van der Waals surface area contributed by atoms with Crippen molar-refractivity contribution in [3.05, 3.63) is 12.3 Å². The maximum Gasteiger partial charge on any atom is 0.146 e. The molecule has 2 aliphatic rings. The van der Waals surface area contributed by atoms with Crippen LogP contribution in [0.25, 0.3) is 0 Å². The number of rotatable bonds is 2. The molecule has 86 valence electrons. The molecule has 0 aromatic carbocycles. The lowest BCUT2D eigenvalue weighted by atomic mass is 9.98. The Morgan fingerprint density at radius 2 is 2.13 bits per heavy atom. The van der Waals surface area contributed by atoms with E-state index in [9.17, 15) is 5.11 Å². The van der Waals surface area contributed by atoms with Gasteiger partial charge in [-0.2, -0.15) is 0 Å². The van der Waals surface area contributed by atoms with Gasteiger partial charge in [-0.05, 0) is 12.8 Å². The SMILES string of the molecule is C=C(OC)[C@H]1CCCC[N+]12CC[C@@H](O)C2. The van der Waals surface area contributed by atoms with Crippen LogP contribution >= 0.6 is 0 Å². The second-order valence-electron chi connectivity index (χ2n) is 4.97. The van der Waals surface area contributed by atoms with Crippen LogP contribution in [0, 0.1) is 0 Å². The number of quaternary nitrogens is 1. The number of aliphatic hydroxyl groups is 1. The van der Waals surface area contributed by atoms with Gasteiger partial charge in [0.2, 0.25) is 0 Å². The molecule has 2 fully saturated rings. The fourth-order valence-corrected chi connectivity index (χ4v) is 3.29. The molecule has 0 amide bonds. The van der Waals surface area contributed by atoms with Crippen molar-refractivity contribution in [1.82, 2.24) is 0 Å². The number of methoxy groups -OCH3 is 1. The number of nitrogens with zero attached hydrogens (tertiary/aromatic N) is 1. The average Bonchev–Trinajstić information content (AvgIpc) is 2.60. The van der Waals surface area contributed by atoms with Crippen LogP contribution in [0.5, 0.6) is 0 Å². The molecule has 0 radical (unpaired) electrons. The third-order valence-electron chi connectivity index (χ3n) is 4.11. The highest BCUT2D eigenvalue weighted by Crippen LogP contribution is 2.34. The van der Waals surface area contributed by atoms with Gasteiger partial charge in [0.25, 0.3) is 0 Å². The second kappa shape index (κ2) is 4.14. The van der Waals surface area contributed by atoms with Gasteiger partial charge in [-0.15, -0.1) is 0 Å². The smallest absolute Gasteiger partial charge is 0.146 e. The first-order valence-corrected chi connectivity index (χ1v) is 5.94. The van der Waals surface area contributed by atoms with Crippen molar-refractivity contribution in [2.45, 2.75) is 37.8 Å². The van der Waals surface area contributed by atoms with E-state index in [1.54, 1.807) is 7.11 Å². The van der Waals surface area contributed by atoms with Crippen LogP contribution < -0.4 is 0 Å². The van der Waals surface area contributed by atoms with Gasteiger partial charge in [0.15, 0.2) is 0 Å². The van der Waals surface area contributed by atoms with Crippen molar-refractivity contribution < 1.29 is 14.3 Å². The first kappa shape index (κ1) is 11.0. The lowest BCUT2D eigenvalue weighted by Gasteiger charge is -2.44. The van der Waals surface area contributed by atoms with Crippen molar-refractivity contribution in [2.24, 2.45) is 0 Å². The van der Waals surface area contributed by atoms with E-state index in [2.05, 4.69) is 6.58 Å². The molecule has 0 aliphatic carbocycles. The molecule has 2 aliphatic heterocycles. The monoisotopic (exact) mass is 212 g/mol. The summed E-state index contributed by atoms with van der Waals surface area (Å²) >= 11 is 0. The molecule has 3 heteroatoms. The van der Waals surface area contributed by atoms with Gasteiger partial charge in [-0.1, -0.05) is 6.58 Å². The first-order chi connectivity index (χ1) is 7.18. The lowest BCUT2D eigenvalue weighted by Crippen LogP contribution is -2.57. The van der Waals surface area contributed by atoms with Gasteiger partial charge in [0.1, 0.15) is 24.4 Å². The second-order valence-corrected chi connectivity index (χ2v) is 4.97. The molecule has 2 heterocycles. The first-order valence-electron chi connectivity index (χ1n) is 5.94. The van der Waals surface area contributed by atoms with Gasteiger partial charge in [0.05, 0.1) is 20.2 Å². The molecule has 2 rings (SSSR count). The third kappa shape index (κ3) is 1.91. The van der Waals surface area contributed by atoms with E-state index in [1.165, 1.54) is 25.8 Å². The summed E-state index contributed by atoms with van der Waals surface area (Å²) in [6.45, 7) is 7.19. The fraction of sp³-hybridized carbons (Fsp3) is 0.833. The fourth-order valence-electron chi connectivity index (χ4n) is 3.29. The summed E-state index contributed by atoms with van der Waals surface area (Å²) in [4.78, 5) is 0. The molecule has 1 spiro atoms. The Kier molecular flexibility index (Phi) is 3.03. The van der Waals surface area contributed by atoms with Crippen LogP contribution in [-0.2, 0) is 4.74 Å². The minimum atomic E-state index is -0.116. The maximum absolute atomic E-state index is 9.73. The highest BCUT2D eigenvalue weighted by atomic mass is 16.5. The molecule has 3 nitrogen and oxygen atoms in total. The van der Waals surface area contributed by atoms with E-state index in [4.69, 9.17) is 4.74 Å². The molecule has 0 saturated carbocycles. The number of ether oxygens (including phenoxy) is 1. The van der Waals surface area contributed by atoms with E-state index in [0.29, 0.717) is 6.04 Å². The van der Waals surface area contributed by atoms with Gasteiger partial charge in [0, 0.05) is 12.8 Å². The molecule has 1 unspecified atom stereocenters. The summed E-state index contributed by atoms with van der Waals surface area (Å²) in [5, 5.41) is 9.73. The molecule has 0 bridgehead atoms. The van der Waals surface area contributed by atoms with Gasteiger partial charge in [-0.25, -0.2) is 0 Å². The number of piperidine rings is 1. The van der Waals surface area contributed by atoms with Crippen molar-refractivity contribution in [3.63, 3.8) is 0 Å². The van der Waals surface area contributed by atoms with Crippen LogP contribution in [0.1, 0.15) is 25.7 Å².